The molecule has 0 aliphatic heterocycles. The third kappa shape index (κ3) is 4.56. The summed E-state index contributed by atoms with van der Waals surface area (Å²) in [5.41, 5.74) is 2.04. The molecule has 1 amide bonds. The zero-order chi connectivity index (χ0) is 20.3. The summed E-state index contributed by atoms with van der Waals surface area (Å²) in [6.07, 6.45) is -4.06. The molecule has 28 heavy (non-hydrogen) atoms. The Kier molecular flexibility index (Phi) is 5.16. The van der Waals surface area contributed by atoms with E-state index in [9.17, 15) is 22.8 Å². The SMILES string of the molecule is Cn1nc(-c2ccc(C=O)cc2)cc1NC(=O)c1ccc(OC(F)(F)F)cc1. The zero-order valence-electron chi connectivity index (χ0n) is 14.5. The van der Waals surface area contributed by atoms with Crippen LogP contribution in [0.5, 0.6) is 5.75 Å². The lowest BCUT2D eigenvalue weighted by atomic mass is 10.1. The highest BCUT2D eigenvalue weighted by Crippen LogP contribution is 2.24. The zero-order valence-corrected chi connectivity index (χ0v) is 14.5. The van der Waals surface area contributed by atoms with E-state index in [4.69, 9.17) is 0 Å². The first-order valence-electron chi connectivity index (χ1n) is 8.02. The number of hydrogen-bond acceptors (Lipinski definition) is 4. The first-order chi connectivity index (χ1) is 13.2. The van der Waals surface area contributed by atoms with Crippen molar-refractivity contribution in [1.29, 1.82) is 0 Å². The van der Waals surface area contributed by atoms with E-state index in [1.54, 1.807) is 37.4 Å². The third-order valence-corrected chi connectivity index (χ3v) is 3.81. The maximum Gasteiger partial charge on any atom is 0.573 e. The number of carbonyl (C=O) groups is 2. The molecule has 144 valence electrons. The summed E-state index contributed by atoms with van der Waals surface area (Å²) in [6, 6.07) is 13.0. The summed E-state index contributed by atoms with van der Waals surface area (Å²) in [4.78, 5) is 23.1. The first kappa shape index (κ1) is 19.2. The normalized spacial score (nSPS) is 11.1. The van der Waals surface area contributed by atoms with Crippen molar-refractivity contribution in [2.75, 3.05) is 5.32 Å². The molecule has 0 radical (unpaired) electrons. The van der Waals surface area contributed by atoms with Crippen molar-refractivity contribution in [2.45, 2.75) is 6.36 Å². The average Bonchev–Trinajstić information content (AvgIpc) is 3.01. The minimum Gasteiger partial charge on any atom is -0.406 e. The Morgan fingerprint density at radius 1 is 1.11 bits per heavy atom. The molecule has 0 saturated carbocycles. The number of halogens is 3. The number of hydrogen-bond donors (Lipinski definition) is 1. The number of alkyl halides is 3. The van der Waals surface area contributed by atoms with Crippen LogP contribution in [-0.4, -0.2) is 28.3 Å². The van der Waals surface area contributed by atoms with Crippen molar-refractivity contribution < 1.29 is 27.5 Å². The van der Waals surface area contributed by atoms with Crippen LogP contribution in [0, 0.1) is 0 Å². The van der Waals surface area contributed by atoms with Gasteiger partial charge < -0.3 is 10.1 Å². The lowest BCUT2D eigenvalue weighted by Crippen LogP contribution is -2.17. The lowest BCUT2D eigenvalue weighted by molar-refractivity contribution is -0.274. The minimum absolute atomic E-state index is 0.160. The van der Waals surface area contributed by atoms with Crippen LogP contribution in [0.25, 0.3) is 11.3 Å². The van der Waals surface area contributed by atoms with Gasteiger partial charge in [-0.25, -0.2) is 0 Å². The Morgan fingerprint density at radius 3 is 2.32 bits per heavy atom. The predicted molar refractivity (Wildman–Crippen MR) is 95.1 cm³/mol. The summed E-state index contributed by atoms with van der Waals surface area (Å²) in [7, 11) is 1.64. The number of carbonyl (C=O) groups excluding carboxylic acids is 2. The van der Waals surface area contributed by atoms with Gasteiger partial charge in [-0.3, -0.25) is 14.3 Å². The van der Waals surface area contributed by atoms with Gasteiger partial charge in [0.2, 0.25) is 0 Å². The Morgan fingerprint density at radius 2 is 1.75 bits per heavy atom. The molecule has 2 aromatic carbocycles. The molecule has 1 aromatic heterocycles. The highest BCUT2D eigenvalue weighted by atomic mass is 19.4. The van der Waals surface area contributed by atoms with Gasteiger partial charge in [0.15, 0.2) is 0 Å². The summed E-state index contributed by atoms with van der Waals surface area (Å²) in [5.74, 6) is -0.523. The van der Waals surface area contributed by atoms with E-state index in [1.165, 1.54) is 16.8 Å². The molecule has 0 spiro atoms. The molecule has 3 rings (SSSR count). The Labute approximate surface area is 157 Å². The van der Waals surface area contributed by atoms with Gasteiger partial charge in [-0.2, -0.15) is 5.10 Å². The van der Waals surface area contributed by atoms with Crippen LogP contribution in [0.1, 0.15) is 20.7 Å². The molecule has 0 aliphatic rings. The van der Waals surface area contributed by atoms with Crippen LogP contribution in [0.3, 0.4) is 0 Å². The number of anilines is 1. The Bertz CT molecular complexity index is 994. The average molecular weight is 389 g/mol. The number of nitrogens with zero attached hydrogens (tertiary/aromatic N) is 2. The molecule has 0 unspecified atom stereocenters. The molecule has 1 N–H and O–H groups in total. The van der Waals surface area contributed by atoms with Crippen LogP contribution in [0.15, 0.2) is 54.6 Å². The van der Waals surface area contributed by atoms with Crippen molar-refractivity contribution in [2.24, 2.45) is 7.05 Å². The number of ether oxygens (including phenoxy) is 1. The number of aldehydes is 1. The molecule has 1 heterocycles. The molecule has 0 fully saturated rings. The summed E-state index contributed by atoms with van der Waals surface area (Å²) < 4.78 is 41.8. The Balaban J connectivity index is 1.73. The Hall–Kier alpha value is -3.62. The molecule has 0 aliphatic carbocycles. The van der Waals surface area contributed by atoms with Crippen molar-refractivity contribution in [1.82, 2.24) is 9.78 Å². The number of amides is 1. The third-order valence-electron chi connectivity index (χ3n) is 3.81. The van der Waals surface area contributed by atoms with Gasteiger partial charge >= 0.3 is 6.36 Å². The number of nitrogens with one attached hydrogen (secondary N) is 1. The van der Waals surface area contributed by atoms with Gasteiger partial charge in [-0.15, -0.1) is 13.2 Å². The molecule has 0 atom stereocenters. The smallest absolute Gasteiger partial charge is 0.406 e. The highest BCUT2D eigenvalue weighted by molar-refractivity contribution is 6.04. The fourth-order valence-electron chi connectivity index (χ4n) is 2.45. The van der Waals surface area contributed by atoms with E-state index >= 15 is 0 Å². The molecular weight excluding hydrogens is 375 g/mol. The van der Waals surface area contributed by atoms with Gasteiger partial charge in [0, 0.05) is 29.8 Å². The van der Waals surface area contributed by atoms with Crippen molar-refractivity contribution >= 4 is 18.0 Å². The lowest BCUT2D eigenvalue weighted by Gasteiger charge is -2.09. The number of benzene rings is 2. The van der Waals surface area contributed by atoms with Crippen LogP contribution in [0.4, 0.5) is 19.0 Å². The van der Waals surface area contributed by atoms with E-state index in [0.29, 0.717) is 17.1 Å². The van der Waals surface area contributed by atoms with Gasteiger partial charge in [-0.1, -0.05) is 24.3 Å². The minimum atomic E-state index is -4.79. The van der Waals surface area contributed by atoms with E-state index in [-0.39, 0.29) is 5.56 Å². The van der Waals surface area contributed by atoms with Crippen LogP contribution < -0.4 is 10.1 Å². The van der Waals surface area contributed by atoms with Gasteiger partial charge in [0.1, 0.15) is 17.9 Å². The largest absolute Gasteiger partial charge is 0.573 e. The quantitative estimate of drug-likeness (QED) is 0.668. The maximum absolute atomic E-state index is 12.3. The van der Waals surface area contributed by atoms with E-state index in [2.05, 4.69) is 15.2 Å². The molecule has 9 heteroatoms. The molecular formula is C19H14F3N3O3. The molecule has 0 bridgehead atoms. The second-order valence-corrected chi connectivity index (χ2v) is 5.80. The van der Waals surface area contributed by atoms with Crippen LogP contribution in [0.2, 0.25) is 0 Å². The molecule has 6 nitrogen and oxygen atoms in total. The maximum atomic E-state index is 12.3. The summed E-state index contributed by atoms with van der Waals surface area (Å²) >= 11 is 0. The van der Waals surface area contributed by atoms with Gasteiger partial charge in [-0.05, 0) is 24.3 Å². The van der Waals surface area contributed by atoms with Crippen LogP contribution >= 0.6 is 0 Å². The second-order valence-electron chi connectivity index (χ2n) is 5.80. The molecule has 3 aromatic rings. The van der Waals surface area contributed by atoms with Gasteiger partial charge in [0.25, 0.3) is 5.91 Å². The van der Waals surface area contributed by atoms with E-state index < -0.39 is 18.0 Å². The first-order valence-corrected chi connectivity index (χ1v) is 8.02. The monoisotopic (exact) mass is 389 g/mol. The van der Waals surface area contributed by atoms with E-state index in [0.717, 1.165) is 24.0 Å². The predicted octanol–water partition coefficient (Wildman–Crippen LogP) is 4.05. The highest BCUT2D eigenvalue weighted by Gasteiger charge is 2.31. The van der Waals surface area contributed by atoms with Crippen molar-refractivity contribution in [3.63, 3.8) is 0 Å². The number of aryl methyl sites for hydroxylation is 1. The van der Waals surface area contributed by atoms with E-state index in [1.807, 2.05) is 0 Å². The fourth-order valence-corrected chi connectivity index (χ4v) is 2.45. The summed E-state index contributed by atoms with van der Waals surface area (Å²) in [6.45, 7) is 0. The fraction of sp³-hybridized carbons (Fsp3) is 0.105. The van der Waals surface area contributed by atoms with Gasteiger partial charge in [0.05, 0.1) is 5.69 Å². The van der Waals surface area contributed by atoms with Crippen molar-refractivity contribution in [3.05, 3.63) is 65.7 Å². The van der Waals surface area contributed by atoms with Crippen LogP contribution in [-0.2, 0) is 7.05 Å². The number of aromatic nitrogens is 2. The topological polar surface area (TPSA) is 73.2 Å². The number of rotatable bonds is 5. The van der Waals surface area contributed by atoms with Crippen molar-refractivity contribution in [3.8, 4) is 17.0 Å². The second kappa shape index (κ2) is 7.55. The molecule has 0 saturated heterocycles. The standard InChI is InChI=1S/C19H14F3N3O3/c1-25-17(10-16(24-25)13-4-2-12(11-26)3-5-13)23-18(27)14-6-8-15(9-7-14)28-19(20,21)22/h2-11H,1H3,(H,23,27). The summed E-state index contributed by atoms with van der Waals surface area (Å²) in [5, 5.41) is 6.96.